The summed E-state index contributed by atoms with van der Waals surface area (Å²) in [6.45, 7) is 0.758. The Bertz CT molecular complexity index is 540. The Morgan fingerprint density at radius 2 is 2.05 bits per heavy atom. The van der Waals surface area contributed by atoms with Crippen molar-refractivity contribution in [2.45, 2.75) is 31.3 Å². The predicted molar refractivity (Wildman–Crippen MR) is 73.3 cm³/mol. The van der Waals surface area contributed by atoms with Crippen LogP contribution in [0.15, 0.2) is 24.3 Å². The van der Waals surface area contributed by atoms with Gasteiger partial charge in [-0.05, 0) is 30.4 Å². The quantitative estimate of drug-likeness (QED) is 0.857. The van der Waals surface area contributed by atoms with Crippen LogP contribution in [-0.4, -0.2) is 41.0 Å². The molecule has 1 unspecified atom stereocenters. The molecule has 5 heteroatoms. The van der Waals surface area contributed by atoms with Gasteiger partial charge in [-0.1, -0.05) is 24.3 Å². The fourth-order valence-corrected chi connectivity index (χ4v) is 2.76. The molecule has 0 radical (unpaired) electrons. The van der Waals surface area contributed by atoms with E-state index in [1.807, 2.05) is 24.3 Å². The maximum Gasteiger partial charge on any atom is 0.325 e. The van der Waals surface area contributed by atoms with Crippen molar-refractivity contribution in [2.75, 3.05) is 13.1 Å². The average Bonchev–Trinajstić information content (AvgIpc) is 3.21. The maximum atomic E-state index is 11.9. The van der Waals surface area contributed by atoms with Crippen molar-refractivity contribution in [3.8, 4) is 0 Å². The fraction of sp³-hybridized carbons (Fsp3) is 0.467. The number of carboxylic acids is 1. The van der Waals surface area contributed by atoms with Gasteiger partial charge in [0.15, 0.2) is 0 Å². The smallest absolute Gasteiger partial charge is 0.325 e. The number of hydrogen-bond donors (Lipinski definition) is 2. The molecule has 5 nitrogen and oxygen atoms in total. The SMILES string of the molecule is O=C(CN1CCc2ccccc2C1C(=O)O)NC1CC1. The lowest BCUT2D eigenvalue weighted by Crippen LogP contribution is -2.45. The van der Waals surface area contributed by atoms with Gasteiger partial charge >= 0.3 is 5.97 Å². The summed E-state index contributed by atoms with van der Waals surface area (Å²) in [7, 11) is 0. The highest BCUT2D eigenvalue weighted by molar-refractivity contribution is 5.81. The van der Waals surface area contributed by atoms with Crippen LogP contribution in [0.1, 0.15) is 30.0 Å². The van der Waals surface area contributed by atoms with Crippen LogP contribution in [0, 0.1) is 0 Å². The summed E-state index contributed by atoms with van der Waals surface area (Å²) in [6, 6.07) is 7.18. The number of aliphatic carboxylic acids is 1. The first-order chi connectivity index (χ1) is 9.65. The summed E-state index contributed by atoms with van der Waals surface area (Å²) in [6.07, 6.45) is 2.87. The number of amides is 1. The molecule has 1 aliphatic heterocycles. The first-order valence-electron chi connectivity index (χ1n) is 6.99. The standard InChI is InChI=1S/C15H18N2O3/c18-13(16-11-5-6-11)9-17-8-7-10-3-1-2-4-12(10)14(17)15(19)20/h1-4,11,14H,5-9H2,(H,16,18)(H,19,20). The molecule has 0 spiro atoms. The van der Waals surface area contributed by atoms with E-state index < -0.39 is 12.0 Å². The third-order valence-electron chi connectivity index (χ3n) is 3.91. The number of hydrogen-bond acceptors (Lipinski definition) is 3. The summed E-state index contributed by atoms with van der Waals surface area (Å²) < 4.78 is 0. The molecule has 0 aromatic heterocycles. The lowest BCUT2D eigenvalue weighted by Gasteiger charge is -2.34. The highest BCUT2D eigenvalue weighted by atomic mass is 16.4. The molecule has 106 valence electrons. The van der Waals surface area contributed by atoms with Gasteiger partial charge in [-0.25, -0.2) is 0 Å². The van der Waals surface area contributed by atoms with Crippen molar-refractivity contribution in [1.82, 2.24) is 10.2 Å². The van der Waals surface area contributed by atoms with E-state index in [0.717, 1.165) is 30.4 Å². The molecular weight excluding hydrogens is 256 g/mol. The number of carbonyl (C=O) groups is 2. The molecule has 2 aliphatic rings. The van der Waals surface area contributed by atoms with Gasteiger partial charge in [-0.2, -0.15) is 0 Å². The molecule has 2 N–H and O–H groups in total. The zero-order chi connectivity index (χ0) is 14.1. The predicted octanol–water partition coefficient (Wildman–Crippen LogP) is 0.949. The highest BCUT2D eigenvalue weighted by Crippen LogP contribution is 2.29. The van der Waals surface area contributed by atoms with Crippen molar-refractivity contribution in [3.63, 3.8) is 0 Å². The third-order valence-corrected chi connectivity index (χ3v) is 3.91. The van der Waals surface area contributed by atoms with Gasteiger partial charge in [-0.3, -0.25) is 14.5 Å². The summed E-state index contributed by atoms with van der Waals surface area (Å²) in [5.74, 6) is -0.963. The van der Waals surface area contributed by atoms with E-state index in [-0.39, 0.29) is 12.5 Å². The molecule has 1 atom stereocenters. The van der Waals surface area contributed by atoms with E-state index in [1.54, 1.807) is 4.90 Å². The Balaban J connectivity index is 1.77. The second kappa shape index (κ2) is 5.25. The van der Waals surface area contributed by atoms with Crippen LogP contribution in [0.2, 0.25) is 0 Å². The summed E-state index contributed by atoms with van der Waals surface area (Å²) >= 11 is 0. The molecule has 0 bridgehead atoms. The largest absolute Gasteiger partial charge is 0.480 e. The summed E-state index contributed by atoms with van der Waals surface area (Å²) in [5.41, 5.74) is 1.88. The molecule has 1 aromatic carbocycles. The lowest BCUT2D eigenvalue weighted by molar-refractivity contribution is -0.144. The lowest BCUT2D eigenvalue weighted by atomic mass is 9.92. The van der Waals surface area contributed by atoms with Crippen LogP contribution in [0.4, 0.5) is 0 Å². The minimum Gasteiger partial charge on any atom is -0.480 e. The Kier molecular flexibility index (Phi) is 3.44. The van der Waals surface area contributed by atoms with E-state index in [9.17, 15) is 14.7 Å². The maximum absolute atomic E-state index is 11.9. The fourth-order valence-electron chi connectivity index (χ4n) is 2.76. The van der Waals surface area contributed by atoms with Gasteiger partial charge in [0.1, 0.15) is 6.04 Å². The van der Waals surface area contributed by atoms with Crippen molar-refractivity contribution >= 4 is 11.9 Å². The number of fused-ring (bicyclic) bond motifs is 1. The highest BCUT2D eigenvalue weighted by Gasteiger charge is 2.34. The molecule has 0 saturated heterocycles. The van der Waals surface area contributed by atoms with Gasteiger partial charge in [0, 0.05) is 12.6 Å². The van der Waals surface area contributed by atoms with Crippen LogP contribution >= 0.6 is 0 Å². The molecule has 1 heterocycles. The molecule has 3 rings (SSSR count). The van der Waals surface area contributed by atoms with Crippen molar-refractivity contribution < 1.29 is 14.7 Å². The van der Waals surface area contributed by atoms with Crippen LogP contribution in [0.5, 0.6) is 0 Å². The van der Waals surface area contributed by atoms with Crippen LogP contribution < -0.4 is 5.32 Å². The topological polar surface area (TPSA) is 69.6 Å². The molecule has 1 aromatic rings. The minimum atomic E-state index is -0.892. The monoisotopic (exact) mass is 274 g/mol. The Morgan fingerprint density at radius 1 is 1.30 bits per heavy atom. The van der Waals surface area contributed by atoms with Crippen LogP contribution in [0.3, 0.4) is 0 Å². The Labute approximate surface area is 117 Å². The van der Waals surface area contributed by atoms with Crippen molar-refractivity contribution in [2.24, 2.45) is 0 Å². The molecule has 20 heavy (non-hydrogen) atoms. The van der Waals surface area contributed by atoms with Gasteiger partial charge in [-0.15, -0.1) is 0 Å². The van der Waals surface area contributed by atoms with E-state index in [2.05, 4.69) is 5.32 Å². The zero-order valence-electron chi connectivity index (χ0n) is 11.2. The Morgan fingerprint density at radius 3 is 2.75 bits per heavy atom. The number of benzene rings is 1. The summed E-state index contributed by atoms with van der Waals surface area (Å²) in [5, 5.41) is 12.4. The van der Waals surface area contributed by atoms with Crippen molar-refractivity contribution in [1.29, 1.82) is 0 Å². The average molecular weight is 274 g/mol. The number of rotatable bonds is 4. The van der Waals surface area contributed by atoms with Gasteiger partial charge < -0.3 is 10.4 Å². The number of nitrogens with one attached hydrogen (secondary N) is 1. The molecule has 1 amide bonds. The van der Waals surface area contributed by atoms with Gasteiger partial charge in [0.05, 0.1) is 6.54 Å². The number of nitrogens with zero attached hydrogens (tertiary/aromatic N) is 1. The van der Waals surface area contributed by atoms with Crippen LogP contribution in [-0.2, 0) is 16.0 Å². The molecule has 1 aliphatic carbocycles. The zero-order valence-corrected chi connectivity index (χ0v) is 11.2. The van der Waals surface area contributed by atoms with Gasteiger partial charge in [0.25, 0.3) is 0 Å². The van der Waals surface area contributed by atoms with Crippen molar-refractivity contribution in [3.05, 3.63) is 35.4 Å². The summed E-state index contributed by atoms with van der Waals surface area (Å²) in [4.78, 5) is 25.2. The molecule has 1 fully saturated rings. The second-order valence-electron chi connectivity index (χ2n) is 5.50. The third kappa shape index (κ3) is 2.67. The minimum absolute atomic E-state index is 0.0712. The first kappa shape index (κ1) is 13.1. The Hall–Kier alpha value is -1.88. The van der Waals surface area contributed by atoms with Crippen LogP contribution in [0.25, 0.3) is 0 Å². The van der Waals surface area contributed by atoms with E-state index in [4.69, 9.17) is 0 Å². The second-order valence-corrected chi connectivity index (χ2v) is 5.50. The van der Waals surface area contributed by atoms with E-state index >= 15 is 0 Å². The number of carbonyl (C=O) groups excluding carboxylic acids is 1. The first-order valence-corrected chi connectivity index (χ1v) is 6.99. The normalized spacial score (nSPS) is 22.1. The number of carboxylic acid groups (broad SMARTS) is 1. The van der Waals surface area contributed by atoms with Gasteiger partial charge in [0.2, 0.25) is 5.91 Å². The molecular formula is C15H18N2O3. The molecule has 1 saturated carbocycles. The van der Waals surface area contributed by atoms with E-state index in [1.165, 1.54) is 0 Å². The van der Waals surface area contributed by atoms with E-state index in [0.29, 0.717) is 12.6 Å².